The Kier molecular flexibility index (Phi) is 3.11. The molecule has 1 atom stereocenters. The number of para-hydroxylation sites is 2. The molecule has 0 aliphatic rings. The van der Waals surface area contributed by atoms with Gasteiger partial charge in [-0.2, -0.15) is 0 Å². The van der Waals surface area contributed by atoms with Crippen molar-refractivity contribution in [1.82, 2.24) is 9.97 Å². The largest absolute Gasteiger partial charge is 0.342 e. The molecule has 2 N–H and O–H groups in total. The maximum Gasteiger partial charge on any atom is 0.202 e. The fraction of sp³-hybridized carbons (Fsp3) is 0.308. The SMILES string of the molecule is C#CC(CCC)Nc1nc2ccccc2[nH]1. The lowest BCUT2D eigenvalue weighted by molar-refractivity contribution is 0.750. The predicted octanol–water partition coefficient (Wildman–Crippen LogP) is 2.78. The van der Waals surface area contributed by atoms with E-state index >= 15 is 0 Å². The highest BCUT2D eigenvalue weighted by Gasteiger charge is 2.06. The van der Waals surface area contributed by atoms with Crippen molar-refractivity contribution in [3.8, 4) is 12.3 Å². The molecule has 0 aliphatic heterocycles. The highest BCUT2D eigenvalue weighted by Crippen LogP contribution is 2.14. The molecule has 0 amide bonds. The molecule has 0 aliphatic carbocycles. The van der Waals surface area contributed by atoms with Crippen molar-refractivity contribution in [2.24, 2.45) is 0 Å². The molecule has 1 unspecified atom stereocenters. The van der Waals surface area contributed by atoms with Crippen LogP contribution < -0.4 is 5.32 Å². The van der Waals surface area contributed by atoms with Gasteiger partial charge in [-0.15, -0.1) is 6.42 Å². The third-order valence-electron chi connectivity index (χ3n) is 2.48. The number of terminal acetylenes is 1. The molecule has 0 radical (unpaired) electrons. The second kappa shape index (κ2) is 4.71. The Bertz CT molecular complexity index is 474. The average Bonchev–Trinajstić information content (AvgIpc) is 2.70. The standard InChI is InChI=1S/C13H15N3/c1-3-7-10(4-2)14-13-15-11-8-5-6-9-12(11)16-13/h2,5-6,8-10H,3,7H2,1H3,(H2,14,15,16). The van der Waals surface area contributed by atoms with Gasteiger partial charge < -0.3 is 10.3 Å². The smallest absolute Gasteiger partial charge is 0.202 e. The van der Waals surface area contributed by atoms with Crippen LogP contribution in [0.4, 0.5) is 5.95 Å². The number of imidazole rings is 1. The number of benzene rings is 1. The number of rotatable bonds is 4. The maximum atomic E-state index is 5.45. The predicted molar refractivity (Wildman–Crippen MR) is 67.2 cm³/mol. The van der Waals surface area contributed by atoms with Crippen LogP contribution >= 0.6 is 0 Å². The Morgan fingerprint density at radius 3 is 3.00 bits per heavy atom. The number of hydrogen-bond donors (Lipinski definition) is 2. The van der Waals surface area contributed by atoms with Gasteiger partial charge >= 0.3 is 0 Å². The zero-order valence-corrected chi connectivity index (χ0v) is 9.33. The molecule has 3 heteroatoms. The van der Waals surface area contributed by atoms with Crippen molar-refractivity contribution in [2.75, 3.05) is 5.32 Å². The summed E-state index contributed by atoms with van der Waals surface area (Å²) in [5, 5.41) is 3.22. The zero-order valence-electron chi connectivity index (χ0n) is 9.33. The number of aromatic amines is 1. The van der Waals surface area contributed by atoms with E-state index < -0.39 is 0 Å². The summed E-state index contributed by atoms with van der Waals surface area (Å²) in [7, 11) is 0. The number of anilines is 1. The molecule has 3 nitrogen and oxygen atoms in total. The van der Waals surface area contributed by atoms with Crippen LogP contribution in [0.25, 0.3) is 11.0 Å². The van der Waals surface area contributed by atoms with Crippen LogP contribution in [-0.2, 0) is 0 Å². The van der Waals surface area contributed by atoms with Gasteiger partial charge in [0.15, 0.2) is 0 Å². The molecular formula is C13H15N3. The number of nitrogens with one attached hydrogen (secondary N) is 2. The molecule has 0 bridgehead atoms. The van der Waals surface area contributed by atoms with E-state index in [1.807, 2.05) is 24.3 Å². The summed E-state index contributed by atoms with van der Waals surface area (Å²) in [6.07, 6.45) is 7.46. The quantitative estimate of drug-likeness (QED) is 0.767. The van der Waals surface area contributed by atoms with Gasteiger partial charge in [0.25, 0.3) is 0 Å². The summed E-state index contributed by atoms with van der Waals surface area (Å²) >= 11 is 0. The van der Waals surface area contributed by atoms with Gasteiger partial charge in [0.2, 0.25) is 5.95 Å². The molecule has 16 heavy (non-hydrogen) atoms. The molecular weight excluding hydrogens is 198 g/mol. The summed E-state index contributed by atoms with van der Waals surface area (Å²) in [5.41, 5.74) is 1.98. The maximum absolute atomic E-state index is 5.45. The molecule has 0 spiro atoms. The van der Waals surface area contributed by atoms with Crippen molar-refractivity contribution in [3.63, 3.8) is 0 Å². The van der Waals surface area contributed by atoms with Crippen LogP contribution in [0.1, 0.15) is 19.8 Å². The number of aromatic nitrogens is 2. The van der Waals surface area contributed by atoms with Gasteiger partial charge in [-0.05, 0) is 18.6 Å². The third-order valence-corrected chi connectivity index (χ3v) is 2.48. The molecule has 1 aromatic carbocycles. The molecule has 0 saturated carbocycles. The molecule has 0 fully saturated rings. The first-order valence-electron chi connectivity index (χ1n) is 5.51. The molecule has 0 saturated heterocycles. The fourth-order valence-electron chi connectivity index (χ4n) is 1.67. The summed E-state index contributed by atoms with van der Waals surface area (Å²) in [5.74, 6) is 3.47. The first-order chi connectivity index (χ1) is 7.83. The lowest BCUT2D eigenvalue weighted by Crippen LogP contribution is -2.17. The number of hydrogen-bond acceptors (Lipinski definition) is 2. The zero-order chi connectivity index (χ0) is 11.4. The molecule has 1 aromatic heterocycles. The van der Waals surface area contributed by atoms with Gasteiger partial charge in [-0.3, -0.25) is 0 Å². The number of H-pyrrole nitrogens is 1. The Hall–Kier alpha value is -1.95. The van der Waals surface area contributed by atoms with Crippen LogP contribution in [0, 0.1) is 12.3 Å². The minimum absolute atomic E-state index is 0.0468. The van der Waals surface area contributed by atoms with E-state index in [0.29, 0.717) is 0 Å². The van der Waals surface area contributed by atoms with Crippen LogP contribution in [0.15, 0.2) is 24.3 Å². The number of fused-ring (bicyclic) bond motifs is 1. The highest BCUT2D eigenvalue weighted by atomic mass is 15.1. The average molecular weight is 213 g/mol. The topological polar surface area (TPSA) is 40.7 Å². The van der Waals surface area contributed by atoms with Crippen LogP contribution in [-0.4, -0.2) is 16.0 Å². The molecule has 1 heterocycles. The summed E-state index contributed by atoms with van der Waals surface area (Å²) in [4.78, 5) is 7.62. The Labute approximate surface area is 95.3 Å². The normalized spacial score (nSPS) is 12.2. The van der Waals surface area contributed by atoms with Gasteiger partial charge in [0.1, 0.15) is 0 Å². The molecule has 2 aromatic rings. The van der Waals surface area contributed by atoms with Gasteiger partial charge in [-0.1, -0.05) is 31.4 Å². The van der Waals surface area contributed by atoms with E-state index in [4.69, 9.17) is 6.42 Å². The summed E-state index contributed by atoms with van der Waals surface area (Å²) in [6.45, 7) is 2.12. The lowest BCUT2D eigenvalue weighted by Gasteiger charge is -2.09. The van der Waals surface area contributed by atoms with Crippen LogP contribution in [0.2, 0.25) is 0 Å². The van der Waals surface area contributed by atoms with E-state index in [1.165, 1.54) is 0 Å². The third kappa shape index (κ3) is 2.17. The molecule has 82 valence electrons. The Morgan fingerprint density at radius 1 is 1.50 bits per heavy atom. The minimum atomic E-state index is 0.0468. The van der Waals surface area contributed by atoms with E-state index in [0.717, 1.165) is 29.8 Å². The van der Waals surface area contributed by atoms with Crippen molar-refractivity contribution < 1.29 is 0 Å². The Morgan fingerprint density at radius 2 is 2.31 bits per heavy atom. The summed E-state index contributed by atoms with van der Waals surface area (Å²) < 4.78 is 0. The fourth-order valence-corrected chi connectivity index (χ4v) is 1.67. The monoisotopic (exact) mass is 213 g/mol. The summed E-state index contributed by atoms with van der Waals surface area (Å²) in [6, 6.07) is 7.97. The lowest BCUT2D eigenvalue weighted by atomic mass is 10.2. The first-order valence-corrected chi connectivity index (χ1v) is 5.51. The van der Waals surface area contributed by atoms with E-state index in [9.17, 15) is 0 Å². The van der Waals surface area contributed by atoms with Crippen molar-refractivity contribution in [2.45, 2.75) is 25.8 Å². The van der Waals surface area contributed by atoms with Gasteiger partial charge in [0.05, 0.1) is 17.1 Å². The van der Waals surface area contributed by atoms with E-state index in [2.05, 4.69) is 28.1 Å². The van der Waals surface area contributed by atoms with Crippen molar-refractivity contribution in [1.29, 1.82) is 0 Å². The van der Waals surface area contributed by atoms with E-state index in [1.54, 1.807) is 0 Å². The molecule has 2 rings (SSSR count). The van der Waals surface area contributed by atoms with Crippen molar-refractivity contribution in [3.05, 3.63) is 24.3 Å². The Balaban J connectivity index is 2.18. The second-order valence-corrected chi connectivity index (χ2v) is 3.75. The highest BCUT2D eigenvalue weighted by molar-refractivity contribution is 5.77. The second-order valence-electron chi connectivity index (χ2n) is 3.75. The number of nitrogens with zero attached hydrogens (tertiary/aromatic N) is 1. The van der Waals surface area contributed by atoms with Gasteiger partial charge in [0, 0.05) is 0 Å². The van der Waals surface area contributed by atoms with Crippen LogP contribution in [0.5, 0.6) is 0 Å². The first kappa shape index (κ1) is 10.6. The minimum Gasteiger partial charge on any atom is -0.342 e. The van der Waals surface area contributed by atoms with Crippen molar-refractivity contribution >= 4 is 17.0 Å². The van der Waals surface area contributed by atoms with Crippen LogP contribution in [0.3, 0.4) is 0 Å². The van der Waals surface area contributed by atoms with E-state index in [-0.39, 0.29) is 6.04 Å². The van der Waals surface area contributed by atoms with Gasteiger partial charge in [-0.25, -0.2) is 4.98 Å².